The Bertz CT molecular complexity index is 62.5. The minimum atomic E-state index is 0.608. The fraction of sp³-hybridized carbons (Fsp3) is 0.400. The largest absolute Gasteiger partial charge is 0.486 e. The van der Waals surface area contributed by atoms with E-state index in [9.17, 15) is 0 Å². The Balaban J connectivity index is 2.20. The van der Waals surface area contributed by atoms with Crippen LogP contribution in [0, 0.1) is 6.54 Å². The molecule has 2 nitrogen and oxygen atoms in total. The van der Waals surface area contributed by atoms with E-state index in [2.05, 4.69) is 5.32 Å². The average molecular weight is 98.1 g/mol. The molecule has 0 atom stereocenters. The Kier molecular flexibility index (Phi) is 1.75. The second-order valence-corrected chi connectivity index (χ2v) is 1.33. The highest BCUT2D eigenvalue weighted by Gasteiger charge is 1.86. The van der Waals surface area contributed by atoms with E-state index < -0.39 is 0 Å². The lowest BCUT2D eigenvalue weighted by Crippen LogP contribution is -2.09. The molecule has 0 unspecified atom stereocenters. The quantitative estimate of drug-likeness (QED) is 0.479. The van der Waals surface area contributed by atoms with Gasteiger partial charge in [0.2, 0.25) is 0 Å². The molecule has 2 heteroatoms. The molecule has 0 aromatic carbocycles. The lowest BCUT2D eigenvalue weighted by atomic mass is 10.4. The van der Waals surface area contributed by atoms with Crippen molar-refractivity contribution in [1.29, 1.82) is 0 Å². The minimum Gasteiger partial charge on any atom is -0.486 e. The molecule has 1 aliphatic heterocycles. The lowest BCUT2D eigenvalue weighted by molar-refractivity contribution is 0.236. The van der Waals surface area contributed by atoms with Crippen LogP contribution in [-0.2, 0) is 4.74 Å². The first-order valence-corrected chi connectivity index (χ1v) is 2.32. The van der Waals surface area contributed by atoms with E-state index in [1.54, 1.807) is 6.26 Å². The average Bonchev–Trinajstić information content (AvgIpc) is 1.90. The molecule has 0 bridgehead atoms. The maximum absolute atomic E-state index is 4.87. The van der Waals surface area contributed by atoms with Crippen LogP contribution in [-0.4, -0.2) is 6.73 Å². The third kappa shape index (κ3) is 1.59. The van der Waals surface area contributed by atoms with Gasteiger partial charge in [-0.25, -0.2) is 0 Å². The highest BCUT2D eigenvalue weighted by molar-refractivity contribution is 4.82. The van der Waals surface area contributed by atoms with Crippen molar-refractivity contribution < 1.29 is 4.74 Å². The summed E-state index contributed by atoms with van der Waals surface area (Å²) in [4.78, 5) is 0. The molecule has 0 aromatic heterocycles. The molecule has 0 aromatic rings. The van der Waals surface area contributed by atoms with Crippen LogP contribution in [0.5, 0.6) is 0 Å². The number of hydrogen-bond acceptors (Lipinski definition) is 2. The van der Waals surface area contributed by atoms with E-state index in [0.29, 0.717) is 6.73 Å². The fourth-order valence-corrected chi connectivity index (χ4v) is 0.430. The number of hydrogen-bond donors (Lipinski definition) is 1. The third-order valence-electron chi connectivity index (χ3n) is 0.757. The van der Waals surface area contributed by atoms with Gasteiger partial charge < -0.3 is 4.74 Å². The zero-order chi connectivity index (χ0) is 4.95. The van der Waals surface area contributed by atoms with Gasteiger partial charge in [-0.1, -0.05) is 0 Å². The minimum absolute atomic E-state index is 0.608. The van der Waals surface area contributed by atoms with Crippen molar-refractivity contribution in [2.24, 2.45) is 0 Å². The molecule has 0 aliphatic carbocycles. The summed E-state index contributed by atoms with van der Waals surface area (Å²) in [5.74, 6) is 0. The van der Waals surface area contributed by atoms with Crippen LogP contribution in [0.25, 0.3) is 0 Å². The Morgan fingerprint density at radius 3 is 3.57 bits per heavy atom. The first-order valence-electron chi connectivity index (χ1n) is 2.32. The molecule has 0 saturated heterocycles. The summed E-state index contributed by atoms with van der Waals surface area (Å²) in [6.45, 7) is 2.57. The molecule has 39 valence electrons. The van der Waals surface area contributed by atoms with Gasteiger partial charge in [-0.2, -0.15) is 0 Å². The highest BCUT2D eigenvalue weighted by atomic mass is 16.5. The first kappa shape index (κ1) is 4.65. The van der Waals surface area contributed by atoms with Crippen molar-refractivity contribution in [2.75, 3.05) is 6.73 Å². The summed E-state index contributed by atoms with van der Waals surface area (Å²) in [5, 5.41) is 2.94. The normalized spacial score (nSPS) is 20.6. The monoisotopic (exact) mass is 98.1 g/mol. The second kappa shape index (κ2) is 2.64. The van der Waals surface area contributed by atoms with E-state index >= 15 is 0 Å². The van der Waals surface area contributed by atoms with Crippen LogP contribution in [0.4, 0.5) is 0 Å². The molecule has 0 fully saturated rings. The molecule has 1 radical (unpaired) electrons. The second-order valence-electron chi connectivity index (χ2n) is 1.33. The molecule has 0 spiro atoms. The molecular formula is C5H8NO. The molecular weight excluding hydrogens is 90.1 g/mol. The number of rotatable bonds is 0. The summed E-state index contributed by atoms with van der Waals surface area (Å²) in [5.41, 5.74) is 0. The van der Waals surface area contributed by atoms with Crippen molar-refractivity contribution in [2.45, 2.75) is 6.42 Å². The fourth-order valence-electron chi connectivity index (χ4n) is 0.430. The Labute approximate surface area is 43.2 Å². The van der Waals surface area contributed by atoms with Gasteiger partial charge in [-0.3, -0.25) is 5.32 Å². The molecule has 7 heavy (non-hydrogen) atoms. The molecule has 0 saturated carbocycles. The van der Waals surface area contributed by atoms with Crippen LogP contribution in [0.3, 0.4) is 0 Å². The van der Waals surface area contributed by atoms with Gasteiger partial charge in [0.15, 0.2) is 0 Å². The smallest absolute Gasteiger partial charge is 0.138 e. The van der Waals surface area contributed by atoms with Crippen LogP contribution in [0.2, 0.25) is 0 Å². The van der Waals surface area contributed by atoms with Crippen molar-refractivity contribution in [1.82, 2.24) is 5.32 Å². The van der Waals surface area contributed by atoms with Crippen molar-refractivity contribution in [3.05, 3.63) is 18.9 Å². The van der Waals surface area contributed by atoms with Crippen LogP contribution >= 0.6 is 0 Å². The van der Waals surface area contributed by atoms with E-state index in [1.165, 1.54) is 0 Å². The lowest BCUT2D eigenvalue weighted by Gasteiger charge is -1.94. The first-order chi connectivity index (χ1) is 3.50. The summed E-state index contributed by atoms with van der Waals surface area (Å²) >= 11 is 0. The number of ether oxygens (including phenoxy) is 1. The van der Waals surface area contributed by atoms with Crippen molar-refractivity contribution in [3.8, 4) is 0 Å². The van der Waals surface area contributed by atoms with Gasteiger partial charge in [0.1, 0.15) is 6.73 Å². The van der Waals surface area contributed by atoms with Gasteiger partial charge in [-0.05, 0) is 12.5 Å². The van der Waals surface area contributed by atoms with E-state index in [0.717, 1.165) is 6.42 Å². The zero-order valence-corrected chi connectivity index (χ0v) is 4.05. The standard InChI is InChI=1S/C5H8NO/c1-2-4-7-5-6-3-1/h2-4,6H,1,5H2. The van der Waals surface area contributed by atoms with Crippen LogP contribution in [0.1, 0.15) is 6.42 Å². The summed E-state index contributed by atoms with van der Waals surface area (Å²) < 4.78 is 4.87. The SMILES string of the molecule is [CH]1CC=COCN1. The highest BCUT2D eigenvalue weighted by Crippen LogP contribution is 1.90. The molecule has 1 heterocycles. The zero-order valence-electron chi connectivity index (χ0n) is 4.05. The summed E-state index contributed by atoms with van der Waals surface area (Å²) in [6, 6.07) is 0. The van der Waals surface area contributed by atoms with Gasteiger partial charge >= 0.3 is 0 Å². The van der Waals surface area contributed by atoms with E-state index in [-0.39, 0.29) is 0 Å². The van der Waals surface area contributed by atoms with Gasteiger partial charge in [0, 0.05) is 6.54 Å². The summed E-state index contributed by atoms with van der Waals surface area (Å²) in [7, 11) is 0. The van der Waals surface area contributed by atoms with Crippen LogP contribution < -0.4 is 5.32 Å². The predicted molar refractivity (Wildman–Crippen MR) is 27.1 cm³/mol. The van der Waals surface area contributed by atoms with E-state index in [1.807, 2.05) is 12.6 Å². The predicted octanol–water partition coefficient (Wildman–Crippen LogP) is 0.629. The Morgan fingerprint density at radius 1 is 1.57 bits per heavy atom. The van der Waals surface area contributed by atoms with Gasteiger partial charge in [-0.15, -0.1) is 0 Å². The topological polar surface area (TPSA) is 21.3 Å². The Hall–Kier alpha value is -0.500. The molecule has 0 amide bonds. The van der Waals surface area contributed by atoms with Crippen LogP contribution in [0.15, 0.2) is 12.3 Å². The maximum Gasteiger partial charge on any atom is 0.138 e. The van der Waals surface area contributed by atoms with Crippen molar-refractivity contribution in [3.63, 3.8) is 0 Å². The van der Waals surface area contributed by atoms with Crippen molar-refractivity contribution >= 4 is 0 Å². The summed E-state index contributed by atoms with van der Waals surface area (Å²) in [6.07, 6.45) is 4.62. The molecule has 1 N–H and O–H groups in total. The maximum atomic E-state index is 4.87. The number of nitrogens with one attached hydrogen (secondary N) is 1. The third-order valence-corrected chi connectivity index (χ3v) is 0.757. The molecule has 1 rings (SSSR count). The molecule has 1 aliphatic rings. The van der Waals surface area contributed by atoms with Gasteiger partial charge in [0.05, 0.1) is 6.26 Å². The van der Waals surface area contributed by atoms with Gasteiger partial charge in [0.25, 0.3) is 0 Å². The van der Waals surface area contributed by atoms with E-state index in [4.69, 9.17) is 4.74 Å². The Morgan fingerprint density at radius 2 is 2.57 bits per heavy atom.